The molecule has 0 bridgehead atoms. The average molecular weight is 319 g/mol. The Balaban J connectivity index is 1.80. The van der Waals surface area contributed by atoms with Gasteiger partial charge in [0.15, 0.2) is 0 Å². The normalized spacial score (nSPS) is 17.8. The van der Waals surface area contributed by atoms with E-state index in [0.29, 0.717) is 18.1 Å². The van der Waals surface area contributed by atoms with Crippen LogP contribution < -0.4 is 4.90 Å². The Labute approximate surface area is 130 Å². The molecule has 1 amide bonds. The average Bonchev–Trinajstić information content (AvgIpc) is 3.13. The summed E-state index contributed by atoms with van der Waals surface area (Å²) in [6.45, 7) is 0.327. The molecule has 1 aromatic carbocycles. The molecule has 1 aromatic heterocycles. The smallest absolute Gasteiger partial charge is 0.311 e. The van der Waals surface area contributed by atoms with E-state index in [-0.39, 0.29) is 23.1 Å². The van der Waals surface area contributed by atoms with E-state index in [1.807, 2.05) is 0 Å². The Morgan fingerprint density at radius 1 is 1.45 bits per heavy atom. The molecule has 1 unspecified atom stereocenters. The molecule has 2 heterocycles. The Hall–Kier alpha value is -2.48. The molecule has 1 aliphatic rings. The Morgan fingerprint density at radius 2 is 2.18 bits per heavy atom. The quantitative estimate of drug-likeness (QED) is 0.687. The second kappa shape index (κ2) is 5.72. The molecule has 1 aliphatic heterocycles. The Kier molecular flexibility index (Phi) is 3.76. The van der Waals surface area contributed by atoms with Crippen LogP contribution in [0.5, 0.6) is 0 Å². The fourth-order valence-corrected chi connectivity index (χ4v) is 2.54. The third kappa shape index (κ3) is 2.64. The van der Waals surface area contributed by atoms with Gasteiger partial charge in [0.25, 0.3) is 4.84 Å². The fraction of sp³-hybridized carbons (Fsp3) is 0.286. The molecule has 22 heavy (non-hydrogen) atoms. The summed E-state index contributed by atoms with van der Waals surface area (Å²) in [6.07, 6.45) is 0.169. The number of nitrogens with one attached hydrogen (secondary N) is 1. The van der Waals surface area contributed by atoms with E-state index in [2.05, 4.69) is 10.2 Å². The van der Waals surface area contributed by atoms with Gasteiger partial charge in [-0.15, -0.1) is 5.10 Å². The molecular weight excluding hydrogens is 306 g/mol. The highest BCUT2D eigenvalue weighted by Crippen LogP contribution is 2.27. The highest BCUT2D eigenvalue weighted by Gasteiger charge is 2.35. The Morgan fingerprint density at radius 3 is 2.77 bits per heavy atom. The number of amides is 1. The van der Waals surface area contributed by atoms with Crippen LogP contribution in [0.15, 0.2) is 28.7 Å². The van der Waals surface area contributed by atoms with Gasteiger partial charge in [0.2, 0.25) is 11.8 Å². The number of anilines is 1. The van der Waals surface area contributed by atoms with Crippen LogP contribution in [0.1, 0.15) is 6.42 Å². The zero-order valence-electron chi connectivity index (χ0n) is 11.7. The lowest BCUT2D eigenvalue weighted by atomic mass is 10.1. The number of ether oxygens (including phenoxy) is 1. The van der Waals surface area contributed by atoms with E-state index >= 15 is 0 Å². The first-order chi connectivity index (χ1) is 10.6. The number of methoxy groups -OCH3 is 1. The summed E-state index contributed by atoms with van der Waals surface area (Å²) >= 11 is 4.83. The van der Waals surface area contributed by atoms with Gasteiger partial charge in [-0.2, -0.15) is 0 Å². The number of nitrogens with zero attached hydrogens (tertiary/aromatic N) is 2. The maximum atomic E-state index is 12.0. The molecule has 114 valence electrons. The zero-order valence-corrected chi connectivity index (χ0v) is 12.6. The lowest BCUT2D eigenvalue weighted by molar-refractivity contribution is -0.145. The van der Waals surface area contributed by atoms with Gasteiger partial charge in [0.1, 0.15) is 0 Å². The number of carbonyl (C=O) groups is 2. The van der Waals surface area contributed by atoms with Crippen LogP contribution in [-0.2, 0) is 14.3 Å². The van der Waals surface area contributed by atoms with Gasteiger partial charge in [-0.25, -0.2) is 5.10 Å². The van der Waals surface area contributed by atoms with Crippen molar-refractivity contribution < 1.29 is 18.7 Å². The minimum absolute atomic E-state index is 0.0968. The summed E-state index contributed by atoms with van der Waals surface area (Å²) in [7, 11) is 1.32. The van der Waals surface area contributed by atoms with E-state index in [1.165, 1.54) is 7.11 Å². The first-order valence-corrected chi connectivity index (χ1v) is 7.03. The third-order valence-electron chi connectivity index (χ3n) is 3.52. The molecule has 7 nitrogen and oxygen atoms in total. The lowest BCUT2D eigenvalue weighted by Crippen LogP contribution is -2.26. The molecule has 0 spiro atoms. The molecule has 3 rings (SSSR count). The zero-order chi connectivity index (χ0) is 15.7. The number of hydrogen-bond donors (Lipinski definition) is 1. The molecule has 8 heteroatoms. The molecule has 1 fully saturated rings. The van der Waals surface area contributed by atoms with Crippen molar-refractivity contribution in [1.82, 2.24) is 10.2 Å². The summed E-state index contributed by atoms with van der Waals surface area (Å²) in [5.41, 5.74) is 1.46. The minimum atomic E-state index is -0.415. The van der Waals surface area contributed by atoms with Gasteiger partial charge in [0.05, 0.1) is 13.0 Å². The van der Waals surface area contributed by atoms with Crippen LogP contribution in [-0.4, -0.2) is 35.7 Å². The van der Waals surface area contributed by atoms with Gasteiger partial charge in [0, 0.05) is 24.2 Å². The van der Waals surface area contributed by atoms with Crippen molar-refractivity contribution >= 4 is 29.8 Å². The number of aromatic nitrogens is 2. The van der Waals surface area contributed by atoms with E-state index in [0.717, 1.165) is 5.56 Å². The molecule has 1 atom stereocenters. The SMILES string of the molecule is COC(=O)C1CC(=O)N(c2ccc(-c3n[nH]c(=S)o3)cc2)C1. The molecule has 0 saturated carbocycles. The second-order valence-electron chi connectivity index (χ2n) is 4.89. The van der Waals surface area contributed by atoms with Gasteiger partial charge >= 0.3 is 5.97 Å². The summed E-state index contributed by atoms with van der Waals surface area (Å²) in [5.74, 6) is -0.487. The predicted molar refractivity (Wildman–Crippen MR) is 79.6 cm³/mol. The van der Waals surface area contributed by atoms with Gasteiger partial charge in [-0.3, -0.25) is 9.59 Å². The predicted octanol–water partition coefficient (Wildman–Crippen LogP) is 1.93. The molecule has 1 saturated heterocycles. The van der Waals surface area contributed by atoms with Crippen molar-refractivity contribution in [2.75, 3.05) is 18.6 Å². The van der Waals surface area contributed by atoms with Crippen LogP contribution >= 0.6 is 12.2 Å². The van der Waals surface area contributed by atoms with Crippen molar-refractivity contribution in [3.8, 4) is 11.5 Å². The summed E-state index contributed by atoms with van der Waals surface area (Å²) in [4.78, 5) is 25.4. The van der Waals surface area contributed by atoms with E-state index < -0.39 is 5.92 Å². The molecule has 1 N–H and O–H groups in total. The first kappa shape index (κ1) is 14.5. The van der Waals surface area contributed by atoms with Crippen molar-refractivity contribution in [3.63, 3.8) is 0 Å². The van der Waals surface area contributed by atoms with Gasteiger partial charge in [-0.05, 0) is 36.5 Å². The van der Waals surface area contributed by atoms with Gasteiger partial charge in [-0.1, -0.05) is 0 Å². The number of esters is 1. The standard InChI is InChI=1S/C14H13N3O4S/c1-20-13(19)9-6-11(18)17(7-9)10-4-2-8(3-5-10)12-15-16-14(22)21-12/h2-5,9H,6-7H2,1H3,(H,16,22). The van der Waals surface area contributed by atoms with Crippen molar-refractivity contribution in [1.29, 1.82) is 0 Å². The maximum Gasteiger partial charge on any atom is 0.311 e. The number of carbonyl (C=O) groups excluding carboxylic acids is 2. The minimum Gasteiger partial charge on any atom is -0.469 e. The summed E-state index contributed by atoms with van der Waals surface area (Å²) < 4.78 is 9.92. The Bertz CT molecular complexity index is 765. The number of H-pyrrole nitrogens is 1. The summed E-state index contributed by atoms with van der Waals surface area (Å²) in [5, 5.41) is 6.49. The van der Waals surface area contributed by atoms with E-state index in [9.17, 15) is 9.59 Å². The second-order valence-corrected chi connectivity index (χ2v) is 5.26. The monoisotopic (exact) mass is 319 g/mol. The largest absolute Gasteiger partial charge is 0.469 e. The number of rotatable bonds is 3. The molecule has 0 radical (unpaired) electrons. The van der Waals surface area contributed by atoms with Crippen molar-refractivity contribution in [3.05, 3.63) is 29.1 Å². The van der Waals surface area contributed by atoms with Crippen molar-refractivity contribution in [2.24, 2.45) is 5.92 Å². The number of aromatic amines is 1. The molecule has 0 aliphatic carbocycles. The highest BCUT2D eigenvalue weighted by atomic mass is 32.1. The van der Waals surface area contributed by atoms with E-state index in [4.69, 9.17) is 21.4 Å². The van der Waals surface area contributed by atoms with Crippen LogP contribution in [0.3, 0.4) is 0 Å². The van der Waals surface area contributed by atoms with Gasteiger partial charge < -0.3 is 14.1 Å². The topological polar surface area (TPSA) is 88.4 Å². The molecule has 2 aromatic rings. The fourth-order valence-electron chi connectivity index (χ4n) is 2.42. The number of benzene rings is 1. The lowest BCUT2D eigenvalue weighted by Gasteiger charge is -2.16. The third-order valence-corrected chi connectivity index (χ3v) is 3.70. The van der Waals surface area contributed by atoms with Crippen LogP contribution in [0.2, 0.25) is 0 Å². The summed E-state index contributed by atoms with van der Waals surface area (Å²) in [6, 6.07) is 7.12. The maximum absolute atomic E-state index is 12.0. The van der Waals surface area contributed by atoms with Crippen LogP contribution in [0.4, 0.5) is 5.69 Å². The van der Waals surface area contributed by atoms with E-state index in [1.54, 1.807) is 29.2 Å². The number of hydrogen-bond acceptors (Lipinski definition) is 6. The highest BCUT2D eigenvalue weighted by molar-refractivity contribution is 7.71. The molecular formula is C14H13N3O4S. The van der Waals surface area contributed by atoms with Crippen molar-refractivity contribution in [2.45, 2.75) is 6.42 Å². The first-order valence-electron chi connectivity index (χ1n) is 6.62. The van der Waals surface area contributed by atoms with Crippen LogP contribution in [0.25, 0.3) is 11.5 Å². The van der Waals surface area contributed by atoms with Crippen LogP contribution in [0, 0.1) is 10.8 Å².